The van der Waals surface area contributed by atoms with E-state index in [0.717, 1.165) is 22.3 Å². The Kier molecular flexibility index (Phi) is 12.2. The minimum Gasteiger partial charge on any atom is -0.299 e. The van der Waals surface area contributed by atoms with E-state index in [4.69, 9.17) is 23.2 Å². The summed E-state index contributed by atoms with van der Waals surface area (Å²) in [5, 5.41) is 8.89. The number of nitrogens with zero attached hydrogens (tertiary/aromatic N) is 2. The number of ketones is 2. The zero-order valence-corrected chi connectivity index (χ0v) is 23.1. The fourth-order valence-corrected chi connectivity index (χ4v) is 3.93. The summed E-state index contributed by atoms with van der Waals surface area (Å²) >= 11 is 12.1. The summed E-state index contributed by atoms with van der Waals surface area (Å²) < 4.78 is 0. The van der Waals surface area contributed by atoms with Gasteiger partial charge in [0.25, 0.3) is 0 Å². The number of carbonyl (C=O) groups is 4. The molecule has 2 amide bonds. The molecule has 0 radical (unpaired) electrons. The van der Waals surface area contributed by atoms with Crippen LogP contribution in [0.5, 0.6) is 0 Å². The van der Waals surface area contributed by atoms with Crippen molar-refractivity contribution in [1.29, 1.82) is 0 Å². The van der Waals surface area contributed by atoms with E-state index in [-0.39, 0.29) is 61.9 Å². The van der Waals surface area contributed by atoms with Gasteiger partial charge in [-0.15, -0.1) is 0 Å². The largest absolute Gasteiger partial charge is 0.299 e. The number of benzene rings is 3. The van der Waals surface area contributed by atoms with Gasteiger partial charge in [0.15, 0.2) is 0 Å². The molecule has 3 aromatic carbocycles. The molecule has 0 fully saturated rings. The number of halogens is 2. The van der Waals surface area contributed by atoms with E-state index in [2.05, 4.69) is 21.1 Å². The minimum atomic E-state index is -0.367. The van der Waals surface area contributed by atoms with Crippen molar-refractivity contribution in [3.05, 3.63) is 105 Å². The zero-order chi connectivity index (χ0) is 28.7. The van der Waals surface area contributed by atoms with Crippen LogP contribution in [0.1, 0.15) is 47.9 Å². The van der Waals surface area contributed by atoms with Gasteiger partial charge in [-0.3, -0.25) is 19.2 Å². The number of hydrogen-bond acceptors (Lipinski definition) is 6. The number of hydrogen-bond donors (Lipinski definition) is 2. The summed E-state index contributed by atoms with van der Waals surface area (Å²) in [5.74, 6) is -0.896. The van der Waals surface area contributed by atoms with Crippen LogP contribution in [0.3, 0.4) is 0 Å². The van der Waals surface area contributed by atoms with Gasteiger partial charge < -0.3 is 0 Å². The van der Waals surface area contributed by atoms with E-state index in [1.165, 1.54) is 12.4 Å². The molecule has 0 unspecified atom stereocenters. The average Bonchev–Trinajstić information content (AvgIpc) is 2.94. The van der Waals surface area contributed by atoms with Crippen LogP contribution in [0.25, 0.3) is 0 Å². The lowest BCUT2D eigenvalue weighted by molar-refractivity contribution is -0.125. The van der Waals surface area contributed by atoms with Crippen LogP contribution in [0, 0.1) is 0 Å². The standard InChI is InChI=1S/C30H28Cl2N4O4/c31-27-7-3-1-5-23(27)17-25(37)13-15-29(39)35-33-19-21-9-11-22(12-10-21)20-34-36-30(40)16-14-26(38)18-24-6-2-4-8-28(24)32/h1-12,19-20H,13-18H2,(H,35,39)(H,36,40)/b33-19+,34-20+. The summed E-state index contributed by atoms with van der Waals surface area (Å²) in [6.07, 6.45) is 3.55. The summed E-state index contributed by atoms with van der Waals surface area (Å²) in [5.41, 5.74) is 7.75. The average molecular weight is 579 g/mol. The van der Waals surface area contributed by atoms with Crippen molar-refractivity contribution < 1.29 is 19.2 Å². The summed E-state index contributed by atoms with van der Waals surface area (Å²) in [7, 11) is 0. The zero-order valence-electron chi connectivity index (χ0n) is 21.6. The van der Waals surface area contributed by atoms with Crippen LogP contribution in [0.4, 0.5) is 0 Å². The van der Waals surface area contributed by atoms with Crippen molar-refractivity contribution in [3.8, 4) is 0 Å². The fourth-order valence-electron chi connectivity index (χ4n) is 3.53. The van der Waals surface area contributed by atoms with Crippen molar-refractivity contribution in [2.24, 2.45) is 10.2 Å². The molecule has 3 aromatic rings. The number of hydrazone groups is 2. The van der Waals surface area contributed by atoms with Crippen LogP contribution in [-0.2, 0) is 32.0 Å². The molecule has 0 aliphatic heterocycles. The smallest absolute Gasteiger partial charge is 0.240 e. The topological polar surface area (TPSA) is 117 Å². The highest BCUT2D eigenvalue weighted by molar-refractivity contribution is 6.31. The van der Waals surface area contributed by atoms with Crippen LogP contribution >= 0.6 is 23.2 Å². The first-order chi connectivity index (χ1) is 19.3. The molecule has 0 spiro atoms. The molecule has 0 aliphatic rings. The van der Waals surface area contributed by atoms with Crippen LogP contribution in [-0.4, -0.2) is 35.8 Å². The second-order valence-electron chi connectivity index (χ2n) is 8.87. The van der Waals surface area contributed by atoms with Gasteiger partial charge in [0, 0.05) is 48.6 Å². The van der Waals surface area contributed by atoms with E-state index in [1.807, 2.05) is 12.1 Å². The number of carbonyl (C=O) groups excluding carboxylic acids is 4. The Balaban J connectivity index is 1.33. The molecule has 0 heterocycles. The predicted octanol–water partition coefficient (Wildman–Crippen LogP) is 5.08. The van der Waals surface area contributed by atoms with Gasteiger partial charge in [0.05, 0.1) is 12.4 Å². The monoisotopic (exact) mass is 578 g/mol. The normalized spacial score (nSPS) is 11.1. The first kappa shape index (κ1) is 30.4. The first-order valence-electron chi connectivity index (χ1n) is 12.5. The van der Waals surface area contributed by atoms with Crippen LogP contribution in [0.2, 0.25) is 10.0 Å². The molecule has 2 N–H and O–H groups in total. The summed E-state index contributed by atoms with van der Waals surface area (Å²) in [6.45, 7) is 0. The van der Waals surface area contributed by atoms with Crippen LogP contribution < -0.4 is 10.9 Å². The summed E-state index contributed by atoms with van der Waals surface area (Å²) in [6, 6.07) is 21.3. The molecule has 0 aromatic heterocycles. The van der Waals surface area contributed by atoms with Gasteiger partial charge in [0.2, 0.25) is 11.8 Å². The van der Waals surface area contributed by atoms with Gasteiger partial charge in [-0.2, -0.15) is 10.2 Å². The third-order valence-electron chi connectivity index (χ3n) is 5.69. The lowest BCUT2D eigenvalue weighted by Gasteiger charge is -2.03. The molecule has 0 saturated heterocycles. The lowest BCUT2D eigenvalue weighted by Crippen LogP contribution is -2.19. The maximum absolute atomic E-state index is 12.1. The molecule has 206 valence electrons. The maximum Gasteiger partial charge on any atom is 0.240 e. The first-order valence-corrected chi connectivity index (χ1v) is 13.3. The molecule has 0 atom stereocenters. The third kappa shape index (κ3) is 10.9. The second kappa shape index (κ2) is 16.1. The highest BCUT2D eigenvalue weighted by Crippen LogP contribution is 2.17. The van der Waals surface area contributed by atoms with E-state index in [9.17, 15) is 19.2 Å². The third-order valence-corrected chi connectivity index (χ3v) is 6.43. The Hall–Kier alpha value is -4.14. The molecule has 0 aliphatic carbocycles. The van der Waals surface area contributed by atoms with Crippen molar-refractivity contribution in [3.63, 3.8) is 0 Å². The molecule has 40 heavy (non-hydrogen) atoms. The lowest BCUT2D eigenvalue weighted by atomic mass is 10.1. The molecule has 0 saturated carbocycles. The molecule has 10 heteroatoms. The van der Waals surface area contributed by atoms with Gasteiger partial charge >= 0.3 is 0 Å². The fraction of sp³-hybridized carbons (Fsp3) is 0.200. The van der Waals surface area contributed by atoms with Gasteiger partial charge in [-0.05, 0) is 34.4 Å². The highest BCUT2D eigenvalue weighted by Gasteiger charge is 2.10. The Labute approximate surface area is 242 Å². The Morgan fingerprint density at radius 3 is 1.32 bits per heavy atom. The van der Waals surface area contributed by atoms with Gasteiger partial charge in [0.1, 0.15) is 11.6 Å². The van der Waals surface area contributed by atoms with Gasteiger partial charge in [-0.1, -0.05) is 83.9 Å². The van der Waals surface area contributed by atoms with Crippen molar-refractivity contribution in [2.75, 3.05) is 0 Å². The molecule has 3 rings (SSSR count). The van der Waals surface area contributed by atoms with E-state index >= 15 is 0 Å². The van der Waals surface area contributed by atoms with E-state index in [1.54, 1.807) is 60.7 Å². The van der Waals surface area contributed by atoms with Crippen molar-refractivity contribution >= 4 is 59.0 Å². The number of nitrogens with one attached hydrogen (secondary N) is 2. The second-order valence-corrected chi connectivity index (χ2v) is 9.68. The predicted molar refractivity (Wildman–Crippen MR) is 157 cm³/mol. The maximum atomic E-state index is 12.1. The molecular weight excluding hydrogens is 551 g/mol. The van der Waals surface area contributed by atoms with Crippen molar-refractivity contribution in [2.45, 2.75) is 38.5 Å². The minimum absolute atomic E-state index is 0.0251. The summed E-state index contributed by atoms with van der Waals surface area (Å²) in [4.78, 5) is 48.2. The van der Waals surface area contributed by atoms with E-state index in [0.29, 0.717) is 10.0 Å². The molecule has 8 nitrogen and oxygen atoms in total. The molecular formula is C30H28Cl2N4O4. The van der Waals surface area contributed by atoms with E-state index < -0.39 is 0 Å². The SMILES string of the molecule is O=C(CCC(=O)N/N=C/c1ccc(/C=N/NC(=O)CCC(=O)Cc2ccccc2Cl)cc1)Cc1ccccc1Cl. The number of rotatable bonds is 14. The molecule has 0 bridgehead atoms. The number of Topliss-reactive ketones (excluding diaryl/α,β-unsaturated/α-hetero) is 2. The van der Waals surface area contributed by atoms with Crippen molar-refractivity contribution in [1.82, 2.24) is 10.9 Å². The highest BCUT2D eigenvalue weighted by atomic mass is 35.5. The van der Waals surface area contributed by atoms with Gasteiger partial charge in [-0.25, -0.2) is 10.9 Å². The number of amides is 2. The quantitative estimate of drug-likeness (QED) is 0.205. The Morgan fingerprint density at radius 1 is 0.575 bits per heavy atom. The van der Waals surface area contributed by atoms with Crippen LogP contribution in [0.15, 0.2) is 83.0 Å². The Morgan fingerprint density at radius 2 is 0.950 bits per heavy atom. The Bertz CT molecular complexity index is 1300.